The van der Waals surface area contributed by atoms with E-state index in [0.717, 1.165) is 16.5 Å². The maximum absolute atomic E-state index is 13.1. The number of fused-ring (bicyclic) bond motifs is 1. The first kappa shape index (κ1) is 13.5. The SMILES string of the molecule is O=C(Cc1cccc(F)c1)Cc1ccc2ccccc2c1. The summed E-state index contributed by atoms with van der Waals surface area (Å²) in [7, 11) is 0. The Labute approximate surface area is 123 Å². The van der Waals surface area contributed by atoms with E-state index in [1.54, 1.807) is 12.1 Å². The van der Waals surface area contributed by atoms with Gasteiger partial charge in [-0.3, -0.25) is 4.79 Å². The van der Waals surface area contributed by atoms with Crippen molar-refractivity contribution in [1.82, 2.24) is 0 Å². The molecule has 0 atom stereocenters. The highest BCUT2D eigenvalue weighted by Gasteiger charge is 2.06. The number of hydrogen-bond donors (Lipinski definition) is 0. The standard InChI is InChI=1S/C19H15FO/c20-18-7-3-4-14(11-18)12-19(21)13-15-8-9-16-5-1-2-6-17(16)10-15/h1-11H,12-13H2. The van der Waals surface area contributed by atoms with Crippen LogP contribution in [-0.4, -0.2) is 5.78 Å². The Balaban J connectivity index is 1.74. The van der Waals surface area contributed by atoms with E-state index in [1.165, 1.54) is 17.5 Å². The van der Waals surface area contributed by atoms with E-state index in [-0.39, 0.29) is 18.0 Å². The van der Waals surface area contributed by atoms with Gasteiger partial charge in [0, 0.05) is 12.8 Å². The molecular weight excluding hydrogens is 263 g/mol. The number of Topliss-reactive ketones (excluding diaryl/α,β-unsaturated/α-hetero) is 1. The van der Waals surface area contributed by atoms with Gasteiger partial charge in [-0.25, -0.2) is 4.39 Å². The topological polar surface area (TPSA) is 17.1 Å². The molecule has 104 valence electrons. The van der Waals surface area contributed by atoms with E-state index >= 15 is 0 Å². The summed E-state index contributed by atoms with van der Waals surface area (Å²) in [5.74, 6) is -0.207. The molecule has 0 fully saturated rings. The van der Waals surface area contributed by atoms with Crippen molar-refractivity contribution in [2.75, 3.05) is 0 Å². The Bertz CT molecular complexity index is 792. The van der Waals surface area contributed by atoms with E-state index in [2.05, 4.69) is 0 Å². The van der Waals surface area contributed by atoms with Crippen molar-refractivity contribution in [3.05, 3.63) is 83.7 Å². The van der Waals surface area contributed by atoms with Crippen molar-refractivity contribution in [1.29, 1.82) is 0 Å². The van der Waals surface area contributed by atoms with Crippen LogP contribution in [0.1, 0.15) is 11.1 Å². The molecule has 21 heavy (non-hydrogen) atoms. The van der Waals surface area contributed by atoms with Crippen molar-refractivity contribution in [2.45, 2.75) is 12.8 Å². The van der Waals surface area contributed by atoms with E-state index in [4.69, 9.17) is 0 Å². The Morgan fingerprint density at radius 1 is 0.762 bits per heavy atom. The molecule has 0 unspecified atom stereocenters. The second-order valence-electron chi connectivity index (χ2n) is 5.20. The molecule has 0 N–H and O–H groups in total. The summed E-state index contributed by atoms with van der Waals surface area (Å²) >= 11 is 0. The summed E-state index contributed by atoms with van der Waals surface area (Å²) < 4.78 is 13.1. The lowest BCUT2D eigenvalue weighted by Gasteiger charge is -2.04. The third-order valence-corrected chi connectivity index (χ3v) is 3.51. The minimum absolute atomic E-state index is 0.0934. The fourth-order valence-electron chi connectivity index (χ4n) is 2.51. The molecule has 2 heteroatoms. The van der Waals surface area contributed by atoms with Gasteiger partial charge < -0.3 is 0 Å². The smallest absolute Gasteiger partial charge is 0.141 e. The fourth-order valence-corrected chi connectivity index (χ4v) is 2.51. The largest absolute Gasteiger partial charge is 0.299 e. The highest BCUT2D eigenvalue weighted by Crippen LogP contribution is 2.16. The van der Waals surface area contributed by atoms with E-state index in [0.29, 0.717) is 6.42 Å². The summed E-state index contributed by atoms with van der Waals surface area (Å²) in [4.78, 5) is 12.1. The molecule has 0 aliphatic rings. The zero-order valence-corrected chi connectivity index (χ0v) is 11.6. The van der Waals surface area contributed by atoms with Crippen molar-refractivity contribution < 1.29 is 9.18 Å². The van der Waals surface area contributed by atoms with E-state index < -0.39 is 0 Å². The van der Waals surface area contributed by atoms with Crippen LogP contribution in [0.25, 0.3) is 10.8 Å². The first-order valence-electron chi connectivity index (χ1n) is 6.94. The van der Waals surface area contributed by atoms with Crippen molar-refractivity contribution in [3.8, 4) is 0 Å². The van der Waals surface area contributed by atoms with Crippen molar-refractivity contribution in [3.63, 3.8) is 0 Å². The molecule has 0 radical (unpaired) electrons. The third-order valence-electron chi connectivity index (χ3n) is 3.51. The van der Waals surface area contributed by atoms with Gasteiger partial charge in [0.1, 0.15) is 11.6 Å². The second kappa shape index (κ2) is 5.88. The summed E-state index contributed by atoms with van der Waals surface area (Å²) in [6, 6.07) is 20.3. The molecule has 0 heterocycles. The van der Waals surface area contributed by atoms with Crippen LogP contribution in [0.2, 0.25) is 0 Å². The van der Waals surface area contributed by atoms with Crippen LogP contribution < -0.4 is 0 Å². The molecule has 0 saturated heterocycles. The second-order valence-corrected chi connectivity index (χ2v) is 5.20. The minimum Gasteiger partial charge on any atom is -0.299 e. The lowest BCUT2D eigenvalue weighted by molar-refractivity contribution is -0.117. The summed E-state index contributed by atoms with van der Waals surface area (Å²) in [5.41, 5.74) is 1.72. The van der Waals surface area contributed by atoms with Crippen LogP contribution in [0.15, 0.2) is 66.7 Å². The lowest BCUT2D eigenvalue weighted by Crippen LogP contribution is -2.06. The Hall–Kier alpha value is -2.48. The Morgan fingerprint density at radius 3 is 2.24 bits per heavy atom. The molecule has 1 nitrogen and oxygen atoms in total. The maximum atomic E-state index is 13.1. The van der Waals surface area contributed by atoms with Gasteiger partial charge in [0.25, 0.3) is 0 Å². The summed E-state index contributed by atoms with van der Waals surface area (Å²) in [6.07, 6.45) is 0.645. The van der Waals surface area contributed by atoms with Gasteiger partial charge in [0.05, 0.1) is 0 Å². The molecule has 0 aliphatic carbocycles. The first-order chi connectivity index (χ1) is 10.2. The molecule has 3 aromatic rings. The zero-order chi connectivity index (χ0) is 14.7. The van der Waals surface area contributed by atoms with Gasteiger partial charge in [-0.2, -0.15) is 0 Å². The lowest BCUT2D eigenvalue weighted by atomic mass is 10.0. The number of halogens is 1. The molecule has 0 spiro atoms. The highest BCUT2D eigenvalue weighted by atomic mass is 19.1. The number of ketones is 1. The molecule has 0 aliphatic heterocycles. The predicted octanol–water partition coefficient (Wildman–Crippen LogP) is 4.33. The average Bonchev–Trinajstić information content (AvgIpc) is 2.47. The van der Waals surface area contributed by atoms with Crippen LogP contribution >= 0.6 is 0 Å². The molecule has 0 bridgehead atoms. The van der Waals surface area contributed by atoms with Crippen molar-refractivity contribution >= 4 is 16.6 Å². The monoisotopic (exact) mass is 278 g/mol. The molecule has 3 aromatic carbocycles. The fraction of sp³-hybridized carbons (Fsp3) is 0.105. The number of rotatable bonds is 4. The number of carbonyl (C=O) groups is 1. The van der Waals surface area contributed by atoms with Crippen LogP contribution in [0.4, 0.5) is 4.39 Å². The number of carbonyl (C=O) groups excluding carboxylic acids is 1. The normalized spacial score (nSPS) is 10.7. The molecular formula is C19H15FO. The first-order valence-corrected chi connectivity index (χ1v) is 6.94. The molecule has 0 amide bonds. The highest BCUT2D eigenvalue weighted by molar-refractivity contribution is 5.87. The molecule has 0 saturated carbocycles. The zero-order valence-electron chi connectivity index (χ0n) is 11.6. The molecule has 0 aromatic heterocycles. The number of benzene rings is 3. The average molecular weight is 278 g/mol. The number of hydrogen-bond acceptors (Lipinski definition) is 1. The van der Waals surface area contributed by atoms with Gasteiger partial charge >= 0.3 is 0 Å². The van der Waals surface area contributed by atoms with Gasteiger partial charge in [0.2, 0.25) is 0 Å². The minimum atomic E-state index is -0.300. The van der Waals surface area contributed by atoms with Gasteiger partial charge in [0.15, 0.2) is 0 Å². The van der Waals surface area contributed by atoms with E-state index in [9.17, 15) is 9.18 Å². The molecule has 3 rings (SSSR count). The van der Waals surface area contributed by atoms with Gasteiger partial charge in [-0.05, 0) is 34.0 Å². The van der Waals surface area contributed by atoms with Crippen LogP contribution in [0.3, 0.4) is 0 Å². The van der Waals surface area contributed by atoms with Crippen molar-refractivity contribution in [2.24, 2.45) is 0 Å². The predicted molar refractivity (Wildman–Crippen MR) is 82.8 cm³/mol. The Morgan fingerprint density at radius 2 is 1.48 bits per heavy atom. The quantitative estimate of drug-likeness (QED) is 0.694. The van der Waals surface area contributed by atoms with Crippen LogP contribution in [0, 0.1) is 5.82 Å². The van der Waals surface area contributed by atoms with Crippen LogP contribution in [-0.2, 0) is 17.6 Å². The van der Waals surface area contributed by atoms with Crippen LogP contribution in [0.5, 0.6) is 0 Å². The summed E-state index contributed by atoms with van der Waals surface area (Å²) in [6.45, 7) is 0. The Kier molecular flexibility index (Phi) is 3.78. The van der Waals surface area contributed by atoms with Gasteiger partial charge in [-0.1, -0.05) is 54.6 Å². The summed E-state index contributed by atoms with van der Waals surface area (Å²) in [5, 5.41) is 2.30. The van der Waals surface area contributed by atoms with E-state index in [1.807, 2.05) is 42.5 Å². The third kappa shape index (κ3) is 3.34. The maximum Gasteiger partial charge on any atom is 0.141 e. The van der Waals surface area contributed by atoms with Gasteiger partial charge in [-0.15, -0.1) is 0 Å².